The number of hydrogen-bond donors (Lipinski definition) is 0. The minimum Gasteiger partial charge on any atom is -0.456 e. The average Bonchev–Trinajstić information content (AvgIpc) is 4.04. The summed E-state index contributed by atoms with van der Waals surface area (Å²) in [6.45, 7) is 9.56. The van der Waals surface area contributed by atoms with Crippen LogP contribution < -0.4 is 4.90 Å². The highest BCUT2D eigenvalue weighted by atomic mass is 16.3. The van der Waals surface area contributed by atoms with Gasteiger partial charge in [0.1, 0.15) is 22.3 Å². The molecule has 65 heavy (non-hydrogen) atoms. The van der Waals surface area contributed by atoms with Gasteiger partial charge in [0.25, 0.3) is 0 Å². The minimum atomic E-state index is -0.304. The van der Waals surface area contributed by atoms with E-state index in [4.69, 9.17) is 8.83 Å². The number of fused-ring (bicyclic) bond motifs is 18. The van der Waals surface area contributed by atoms with E-state index in [9.17, 15) is 0 Å². The molecule has 0 saturated heterocycles. The summed E-state index contributed by atoms with van der Waals surface area (Å²) in [5.41, 5.74) is 19.2. The molecule has 0 amide bonds. The molecule has 2 aromatic heterocycles. The predicted octanol–water partition coefficient (Wildman–Crippen LogP) is 17.5. The Morgan fingerprint density at radius 1 is 0.338 bits per heavy atom. The Kier molecular flexibility index (Phi) is 7.24. The average molecular weight is 834 g/mol. The lowest BCUT2D eigenvalue weighted by molar-refractivity contribution is 0.653. The van der Waals surface area contributed by atoms with Gasteiger partial charge in [0.2, 0.25) is 0 Å². The van der Waals surface area contributed by atoms with Crippen LogP contribution in [0.2, 0.25) is 0 Å². The second-order valence-electron chi connectivity index (χ2n) is 19.1. The number of benzene rings is 10. The molecule has 0 saturated carbocycles. The van der Waals surface area contributed by atoms with Crippen LogP contribution in [-0.2, 0) is 10.8 Å². The summed E-state index contributed by atoms with van der Waals surface area (Å²) >= 11 is 0. The summed E-state index contributed by atoms with van der Waals surface area (Å²) in [7, 11) is 0. The fourth-order valence-corrected chi connectivity index (χ4v) is 11.9. The Labute approximate surface area is 376 Å². The predicted molar refractivity (Wildman–Crippen MR) is 271 cm³/mol. The van der Waals surface area contributed by atoms with Crippen molar-refractivity contribution >= 4 is 82.5 Å². The van der Waals surface area contributed by atoms with E-state index in [1.165, 1.54) is 82.6 Å². The summed E-state index contributed by atoms with van der Waals surface area (Å²) in [6, 6.07) is 69.0. The number of nitrogens with zero attached hydrogens (tertiary/aromatic N) is 1. The van der Waals surface area contributed by atoms with Gasteiger partial charge in [0.05, 0.1) is 11.4 Å². The van der Waals surface area contributed by atoms with Crippen LogP contribution in [0.25, 0.3) is 98.8 Å². The van der Waals surface area contributed by atoms with Crippen LogP contribution in [0.3, 0.4) is 0 Å². The van der Waals surface area contributed by atoms with E-state index in [2.05, 4.69) is 221 Å². The number of hydrogen-bond acceptors (Lipinski definition) is 3. The maximum atomic E-state index is 6.82. The van der Waals surface area contributed by atoms with Gasteiger partial charge in [-0.05, 0) is 103 Å². The van der Waals surface area contributed by atoms with Crippen molar-refractivity contribution in [1.29, 1.82) is 0 Å². The van der Waals surface area contributed by atoms with E-state index in [0.717, 1.165) is 55.6 Å². The van der Waals surface area contributed by atoms with Gasteiger partial charge in [-0.1, -0.05) is 173 Å². The third-order valence-electron chi connectivity index (χ3n) is 15.0. The first-order valence-corrected chi connectivity index (χ1v) is 22.8. The number of anilines is 3. The molecule has 0 bridgehead atoms. The van der Waals surface area contributed by atoms with Crippen molar-refractivity contribution in [3.8, 4) is 33.4 Å². The zero-order valence-corrected chi connectivity index (χ0v) is 36.7. The van der Waals surface area contributed by atoms with Crippen molar-refractivity contribution in [3.63, 3.8) is 0 Å². The summed E-state index contributed by atoms with van der Waals surface area (Å²) in [5.74, 6) is 0. The Hall–Kier alpha value is -7.88. The minimum absolute atomic E-state index is 0.291. The molecule has 0 spiro atoms. The maximum absolute atomic E-state index is 6.82. The molecule has 12 aromatic rings. The lowest BCUT2D eigenvalue weighted by atomic mass is 9.81. The third-order valence-corrected chi connectivity index (χ3v) is 15.0. The van der Waals surface area contributed by atoms with Crippen LogP contribution in [0, 0.1) is 0 Å². The monoisotopic (exact) mass is 833 g/mol. The summed E-state index contributed by atoms with van der Waals surface area (Å²) in [6.07, 6.45) is 0. The van der Waals surface area contributed by atoms with Crippen LogP contribution in [0.15, 0.2) is 197 Å². The lowest BCUT2D eigenvalue weighted by Gasteiger charge is -2.32. The van der Waals surface area contributed by atoms with E-state index < -0.39 is 0 Å². The zero-order valence-electron chi connectivity index (χ0n) is 36.7. The van der Waals surface area contributed by atoms with Gasteiger partial charge >= 0.3 is 0 Å². The van der Waals surface area contributed by atoms with Crippen molar-refractivity contribution in [2.75, 3.05) is 4.90 Å². The Balaban J connectivity index is 1.08. The van der Waals surface area contributed by atoms with Crippen molar-refractivity contribution in [2.45, 2.75) is 38.5 Å². The quantitative estimate of drug-likeness (QED) is 0.177. The van der Waals surface area contributed by atoms with Gasteiger partial charge in [-0.15, -0.1) is 0 Å². The molecule has 0 unspecified atom stereocenters. The molecule has 10 aromatic carbocycles. The number of rotatable bonds is 4. The topological polar surface area (TPSA) is 29.5 Å². The van der Waals surface area contributed by atoms with Crippen LogP contribution >= 0.6 is 0 Å². The normalized spacial score (nSPS) is 14.4. The van der Waals surface area contributed by atoms with E-state index in [1.54, 1.807) is 0 Å². The lowest BCUT2D eigenvalue weighted by Crippen LogP contribution is -2.18. The molecule has 2 heterocycles. The van der Waals surface area contributed by atoms with E-state index in [0.29, 0.717) is 0 Å². The van der Waals surface area contributed by atoms with Crippen molar-refractivity contribution in [1.82, 2.24) is 0 Å². The number of furan rings is 2. The SMILES string of the molecule is CC1(C)c2cc(N(c3ccc(-c4ccccc4)cc3)c3cc4c(c5ccccc35)-c3c(ccc5oc6ccccc6c35)C4(C)C)c3ccccc3c2-c2c1ccc1c2oc2ccccc21. The molecule has 3 heteroatoms. The van der Waals surface area contributed by atoms with E-state index in [-0.39, 0.29) is 10.8 Å². The molecule has 2 aliphatic rings. The largest absolute Gasteiger partial charge is 0.456 e. The first-order chi connectivity index (χ1) is 31.8. The van der Waals surface area contributed by atoms with Crippen LogP contribution in [0.5, 0.6) is 0 Å². The Bertz CT molecular complexity index is 4000. The third kappa shape index (κ3) is 4.85. The molecule has 0 fully saturated rings. The van der Waals surface area contributed by atoms with Crippen LogP contribution in [0.1, 0.15) is 49.9 Å². The fraction of sp³-hybridized carbons (Fsp3) is 0.0968. The van der Waals surface area contributed by atoms with Gasteiger partial charge in [0, 0.05) is 54.4 Å². The van der Waals surface area contributed by atoms with Crippen molar-refractivity contribution in [2.24, 2.45) is 0 Å². The molecule has 0 N–H and O–H groups in total. The van der Waals surface area contributed by atoms with Gasteiger partial charge in [-0.25, -0.2) is 0 Å². The number of para-hydroxylation sites is 2. The molecule has 0 aliphatic heterocycles. The van der Waals surface area contributed by atoms with E-state index >= 15 is 0 Å². The van der Waals surface area contributed by atoms with Gasteiger partial charge < -0.3 is 13.7 Å². The van der Waals surface area contributed by atoms with Crippen molar-refractivity contribution < 1.29 is 8.83 Å². The standard InChI is InChI=1S/C62H43NO2/c1-61(2)46-32-33-54-57(45-23-13-15-25-53(45)64-54)58(46)55-42-21-10-8-18-39(42)50(34-48(55)61)63(38-28-26-37(27-29-38)36-16-6-5-7-17-36)51-35-49-56(43-22-11-9-19-40(43)51)59-47(62(49,3)4)31-30-44-41-20-12-14-24-52(41)65-60(44)59/h5-35H,1-4H3. The molecule has 0 radical (unpaired) electrons. The highest BCUT2D eigenvalue weighted by molar-refractivity contribution is 6.22. The van der Waals surface area contributed by atoms with Crippen LogP contribution in [0.4, 0.5) is 17.1 Å². The zero-order chi connectivity index (χ0) is 43.3. The first-order valence-electron chi connectivity index (χ1n) is 22.8. The molecule has 308 valence electrons. The second kappa shape index (κ2) is 12.9. The first kappa shape index (κ1) is 36.6. The molecule has 3 nitrogen and oxygen atoms in total. The highest BCUT2D eigenvalue weighted by Crippen LogP contribution is 2.60. The second-order valence-corrected chi connectivity index (χ2v) is 19.1. The molecular weight excluding hydrogens is 791 g/mol. The molecule has 0 atom stereocenters. The smallest absolute Gasteiger partial charge is 0.143 e. The van der Waals surface area contributed by atoms with Crippen LogP contribution in [-0.4, -0.2) is 0 Å². The Morgan fingerprint density at radius 3 is 1.48 bits per heavy atom. The molecular formula is C62H43NO2. The van der Waals surface area contributed by atoms with E-state index in [1.807, 2.05) is 0 Å². The van der Waals surface area contributed by atoms with Crippen molar-refractivity contribution in [3.05, 3.63) is 210 Å². The highest BCUT2D eigenvalue weighted by Gasteiger charge is 2.42. The Morgan fingerprint density at radius 2 is 0.831 bits per heavy atom. The summed E-state index contributed by atoms with van der Waals surface area (Å²) in [5, 5.41) is 9.50. The van der Waals surface area contributed by atoms with Gasteiger partial charge in [-0.2, -0.15) is 0 Å². The molecule has 14 rings (SSSR count). The van der Waals surface area contributed by atoms with Gasteiger partial charge in [-0.3, -0.25) is 0 Å². The summed E-state index contributed by atoms with van der Waals surface area (Å²) < 4.78 is 13.4. The molecule has 2 aliphatic carbocycles. The summed E-state index contributed by atoms with van der Waals surface area (Å²) in [4.78, 5) is 2.55. The van der Waals surface area contributed by atoms with Gasteiger partial charge in [0.15, 0.2) is 0 Å². The maximum Gasteiger partial charge on any atom is 0.143 e. The fourth-order valence-electron chi connectivity index (χ4n) is 11.9.